The zero-order chi connectivity index (χ0) is 14.1. The van der Waals surface area contributed by atoms with Crippen LogP contribution in [0.3, 0.4) is 0 Å². The van der Waals surface area contributed by atoms with Gasteiger partial charge in [-0.05, 0) is 24.1 Å². The molecule has 0 amide bonds. The van der Waals surface area contributed by atoms with Crippen molar-refractivity contribution < 1.29 is 9.90 Å². The Kier molecular flexibility index (Phi) is 3.18. The van der Waals surface area contributed by atoms with E-state index in [2.05, 4.69) is 36.1 Å². The number of carboxylic acid groups (broad SMARTS) is 1. The van der Waals surface area contributed by atoms with Crippen LogP contribution in [0.2, 0.25) is 0 Å². The summed E-state index contributed by atoms with van der Waals surface area (Å²) in [6.07, 6.45) is 0. The SMILES string of the molecule is Cc1ccc(CN2CC(C(=O)O)c3ccccc32)cc1. The van der Waals surface area contributed by atoms with Gasteiger partial charge in [0.2, 0.25) is 0 Å². The smallest absolute Gasteiger partial charge is 0.312 e. The van der Waals surface area contributed by atoms with E-state index in [0.717, 1.165) is 17.8 Å². The molecule has 0 saturated carbocycles. The number of hydrogen-bond donors (Lipinski definition) is 1. The topological polar surface area (TPSA) is 40.5 Å². The number of aryl methyl sites for hydroxylation is 1. The van der Waals surface area contributed by atoms with Gasteiger partial charge in [0.05, 0.1) is 0 Å². The van der Waals surface area contributed by atoms with Crippen molar-refractivity contribution in [2.24, 2.45) is 0 Å². The van der Waals surface area contributed by atoms with Crippen molar-refractivity contribution in [3.63, 3.8) is 0 Å². The summed E-state index contributed by atoms with van der Waals surface area (Å²) >= 11 is 0. The predicted octanol–water partition coefficient (Wildman–Crippen LogP) is 3.18. The number of hydrogen-bond acceptors (Lipinski definition) is 2. The van der Waals surface area contributed by atoms with Gasteiger partial charge < -0.3 is 10.0 Å². The Hall–Kier alpha value is -2.29. The molecule has 0 spiro atoms. The first-order valence-electron chi connectivity index (χ1n) is 6.77. The third kappa shape index (κ3) is 2.27. The monoisotopic (exact) mass is 267 g/mol. The minimum Gasteiger partial charge on any atom is -0.481 e. The minimum absolute atomic E-state index is 0.420. The first-order valence-corrected chi connectivity index (χ1v) is 6.77. The van der Waals surface area contributed by atoms with Crippen LogP contribution in [-0.2, 0) is 11.3 Å². The summed E-state index contributed by atoms with van der Waals surface area (Å²) in [4.78, 5) is 13.5. The zero-order valence-corrected chi connectivity index (χ0v) is 11.4. The Bertz CT molecular complexity index is 634. The van der Waals surface area contributed by atoms with Gasteiger partial charge in [0.1, 0.15) is 5.92 Å². The summed E-state index contributed by atoms with van der Waals surface area (Å²) in [6, 6.07) is 16.2. The molecule has 3 heteroatoms. The molecule has 0 saturated heterocycles. The van der Waals surface area contributed by atoms with E-state index >= 15 is 0 Å². The second-order valence-corrected chi connectivity index (χ2v) is 5.32. The first-order chi connectivity index (χ1) is 9.65. The molecule has 0 fully saturated rings. The predicted molar refractivity (Wildman–Crippen MR) is 79.0 cm³/mol. The first kappa shape index (κ1) is 12.7. The molecule has 1 aliphatic rings. The molecule has 20 heavy (non-hydrogen) atoms. The van der Waals surface area contributed by atoms with Crippen molar-refractivity contribution in [3.8, 4) is 0 Å². The molecular weight excluding hydrogens is 250 g/mol. The van der Waals surface area contributed by atoms with E-state index in [9.17, 15) is 9.90 Å². The molecule has 0 bridgehead atoms. The van der Waals surface area contributed by atoms with Crippen molar-refractivity contribution in [3.05, 3.63) is 65.2 Å². The van der Waals surface area contributed by atoms with E-state index in [4.69, 9.17) is 0 Å². The molecule has 1 heterocycles. The molecule has 102 valence electrons. The molecule has 0 aromatic heterocycles. The normalized spacial score (nSPS) is 17.1. The highest BCUT2D eigenvalue weighted by molar-refractivity contribution is 5.82. The number of benzene rings is 2. The van der Waals surface area contributed by atoms with Crippen LogP contribution in [0.25, 0.3) is 0 Å². The van der Waals surface area contributed by atoms with E-state index < -0.39 is 11.9 Å². The van der Waals surface area contributed by atoms with Crippen LogP contribution in [0.15, 0.2) is 48.5 Å². The Labute approximate surface area is 118 Å². The minimum atomic E-state index is -0.746. The summed E-state index contributed by atoms with van der Waals surface area (Å²) in [6.45, 7) is 3.36. The third-order valence-electron chi connectivity index (χ3n) is 3.85. The number of carbonyl (C=O) groups is 1. The Morgan fingerprint density at radius 2 is 1.90 bits per heavy atom. The number of nitrogens with zero attached hydrogens (tertiary/aromatic N) is 1. The highest BCUT2D eigenvalue weighted by atomic mass is 16.4. The van der Waals surface area contributed by atoms with Gasteiger partial charge >= 0.3 is 5.97 Å². The van der Waals surface area contributed by atoms with Crippen molar-refractivity contribution >= 4 is 11.7 Å². The Morgan fingerprint density at radius 1 is 1.20 bits per heavy atom. The largest absolute Gasteiger partial charge is 0.481 e. The molecule has 3 rings (SSSR count). The molecule has 2 aromatic carbocycles. The highest BCUT2D eigenvalue weighted by Gasteiger charge is 2.32. The van der Waals surface area contributed by atoms with Gasteiger partial charge in [0.25, 0.3) is 0 Å². The van der Waals surface area contributed by atoms with Gasteiger partial charge in [-0.2, -0.15) is 0 Å². The maximum absolute atomic E-state index is 11.4. The van der Waals surface area contributed by atoms with E-state index in [-0.39, 0.29) is 0 Å². The number of aliphatic carboxylic acids is 1. The molecule has 0 aliphatic carbocycles. The van der Waals surface area contributed by atoms with Crippen LogP contribution >= 0.6 is 0 Å². The van der Waals surface area contributed by atoms with Crippen molar-refractivity contribution in [1.29, 1.82) is 0 Å². The fraction of sp³-hybridized carbons (Fsp3) is 0.235. The van der Waals surface area contributed by atoms with E-state index in [1.165, 1.54) is 11.1 Å². The number of fused-ring (bicyclic) bond motifs is 1. The lowest BCUT2D eigenvalue weighted by molar-refractivity contribution is -0.138. The molecule has 0 radical (unpaired) electrons. The van der Waals surface area contributed by atoms with Gasteiger partial charge in [-0.15, -0.1) is 0 Å². The Balaban J connectivity index is 1.88. The summed E-state index contributed by atoms with van der Waals surface area (Å²) < 4.78 is 0. The second-order valence-electron chi connectivity index (χ2n) is 5.32. The van der Waals surface area contributed by atoms with Gasteiger partial charge in [0, 0.05) is 18.8 Å². The molecule has 1 aliphatic heterocycles. The maximum atomic E-state index is 11.4. The fourth-order valence-electron chi connectivity index (χ4n) is 2.76. The molecular formula is C17H17NO2. The lowest BCUT2D eigenvalue weighted by atomic mass is 10.0. The summed E-state index contributed by atoms with van der Waals surface area (Å²) in [5, 5.41) is 9.35. The van der Waals surface area contributed by atoms with Crippen LogP contribution in [0.4, 0.5) is 5.69 Å². The molecule has 1 N–H and O–H groups in total. The standard InChI is InChI=1S/C17H17NO2/c1-12-6-8-13(9-7-12)10-18-11-15(17(19)20)14-4-2-3-5-16(14)18/h2-9,15H,10-11H2,1H3,(H,19,20). The number of para-hydroxylation sites is 1. The lowest BCUT2D eigenvalue weighted by Crippen LogP contribution is -2.24. The van der Waals surface area contributed by atoms with Crippen LogP contribution in [0.1, 0.15) is 22.6 Å². The van der Waals surface area contributed by atoms with Crippen LogP contribution < -0.4 is 4.90 Å². The highest BCUT2D eigenvalue weighted by Crippen LogP contribution is 2.37. The number of anilines is 1. The average molecular weight is 267 g/mol. The molecule has 1 unspecified atom stereocenters. The Morgan fingerprint density at radius 3 is 2.60 bits per heavy atom. The van der Waals surface area contributed by atoms with Crippen LogP contribution in [0, 0.1) is 6.92 Å². The van der Waals surface area contributed by atoms with Gasteiger partial charge in [-0.1, -0.05) is 48.0 Å². The van der Waals surface area contributed by atoms with Crippen LogP contribution in [-0.4, -0.2) is 17.6 Å². The second kappa shape index (κ2) is 5.00. The molecule has 2 aromatic rings. The molecule has 3 nitrogen and oxygen atoms in total. The van der Waals surface area contributed by atoms with Crippen molar-refractivity contribution in [2.45, 2.75) is 19.4 Å². The summed E-state index contributed by atoms with van der Waals surface area (Å²) in [5.74, 6) is -1.17. The van der Waals surface area contributed by atoms with Crippen LogP contribution in [0.5, 0.6) is 0 Å². The van der Waals surface area contributed by atoms with E-state index in [1.54, 1.807) is 0 Å². The fourth-order valence-corrected chi connectivity index (χ4v) is 2.76. The zero-order valence-electron chi connectivity index (χ0n) is 11.4. The van der Waals surface area contributed by atoms with Gasteiger partial charge in [-0.3, -0.25) is 4.79 Å². The summed E-state index contributed by atoms with van der Waals surface area (Å²) in [7, 11) is 0. The number of carboxylic acids is 1. The van der Waals surface area contributed by atoms with E-state index in [1.807, 2.05) is 24.3 Å². The quantitative estimate of drug-likeness (QED) is 0.928. The van der Waals surface area contributed by atoms with Gasteiger partial charge in [-0.25, -0.2) is 0 Å². The van der Waals surface area contributed by atoms with E-state index in [0.29, 0.717) is 6.54 Å². The lowest BCUT2D eigenvalue weighted by Gasteiger charge is -2.19. The maximum Gasteiger partial charge on any atom is 0.312 e. The van der Waals surface area contributed by atoms with Crippen molar-refractivity contribution in [2.75, 3.05) is 11.4 Å². The summed E-state index contributed by atoms with van der Waals surface area (Å²) in [5.41, 5.74) is 4.41. The average Bonchev–Trinajstić information content (AvgIpc) is 2.81. The number of rotatable bonds is 3. The van der Waals surface area contributed by atoms with Crippen molar-refractivity contribution in [1.82, 2.24) is 0 Å². The molecule has 1 atom stereocenters. The van der Waals surface area contributed by atoms with Gasteiger partial charge in [0.15, 0.2) is 0 Å². The third-order valence-corrected chi connectivity index (χ3v) is 3.85.